The standard InChI is InChI=1S/C26H41F5O/c1-16-2-4-17(5-3-16)18-6-8-19(9-7-18)20-10-12-22(13-11-20)32-26(30,31)21-14-23(27)25(29)24(28)15-21/h16-25H,2-15H2,1H3. The van der Waals surface area contributed by atoms with E-state index in [0.29, 0.717) is 24.7 Å². The van der Waals surface area contributed by atoms with E-state index in [1.807, 2.05) is 0 Å². The monoisotopic (exact) mass is 464 g/mol. The summed E-state index contributed by atoms with van der Waals surface area (Å²) in [5.41, 5.74) is 0. The first-order valence-corrected chi connectivity index (χ1v) is 13.2. The summed E-state index contributed by atoms with van der Waals surface area (Å²) in [5.74, 6) is 2.39. The molecule has 6 heteroatoms. The van der Waals surface area contributed by atoms with Crippen LogP contribution in [0.15, 0.2) is 0 Å². The molecule has 32 heavy (non-hydrogen) atoms. The highest BCUT2D eigenvalue weighted by molar-refractivity contribution is 4.91. The molecule has 2 unspecified atom stereocenters. The molecular formula is C26H41F5O. The predicted molar refractivity (Wildman–Crippen MR) is 116 cm³/mol. The van der Waals surface area contributed by atoms with Crippen molar-refractivity contribution in [2.45, 2.75) is 128 Å². The van der Waals surface area contributed by atoms with E-state index in [-0.39, 0.29) is 0 Å². The molecule has 0 heterocycles. The molecule has 0 radical (unpaired) electrons. The predicted octanol–water partition coefficient (Wildman–Crippen LogP) is 8.21. The second kappa shape index (κ2) is 10.5. The quantitative estimate of drug-likeness (QED) is 0.373. The Labute approximate surface area is 190 Å². The maximum atomic E-state index is 14.6. The molecule has 4 saturated carbocycles. The summed E-state index contributed by atoms with van der Waals surface area (Å²) in [6.07, 6.45) is 1.52. The van der Waals surface area contributed by atoms with Crippen LogP contribution in [0.4, 0.5) is 22.0 Å². The van der Waals surface area contributed by atoms with Crippen molar-refractivity contribution < 1.29 is 26.7 Å². The van der Waals surface area contributed by atoms with Crippen LogP contribution in [0.1, 0.15) is 96.8 Å². The first-order chi connectivity index (χ1) is 15.2. The van der Waals surface area contributed by atoms with Gasteiger partial charge in [-0.1, -0.05) is 19.8 Å². The van der Waals surface area contributed by atoms with Gasteiger partial charge in [-0.15, -0.1) is 0 Å². The SMILES string of the molecule is CC1CCC(C2CCC(C3CCC(OC(F)(F)C4CC(F)C(F)C(F)C4)CC3)CC2)CC1. The minimum Gasteiger partial charge on any atom is -0.317 e. The molecule has 2 atom stereocenters. The van der Waals surface area contributed by atoms with Gasteiger partial charge >= 0.3 is 6.11 Å². The third-order valence-corrected chi connectivity index (χ3v) is 9.44. The lowest BCUT2D eigenvalue weighted by Crippen LogP contribution is -2.46. The average Bonchev–Trinajstić information content (AvgIpc) is 2.78. The fourth-order valence-corrected chi connectivity index (χ4v) is 7.24. The van der Waals surface area contributed by atoms with Crippen molar-refractivity contribution in [2.75, 3.05) is 0 Å². The van der Waals surface area contributed by atoms with Crippen LogP contribution in [0.3, 0.4) is 0 Å². The van der Waals surface area contributed by atoms with Crippen LogP contribution >= 0.6 is 0 Å². The summed E-state index contributed by atoms with van der Waals surface area (Å²) >= 11 is 0. The lowest BCUT2D eigenvalue weighted by molar-refractivity contribution is -0.307. The van der Waals surface area contributed by atoms with E-state index in [1.54, 1.807) is 0 Å². The summed E-state index contributed by atoms with van der Waals surface area (Å²) in [4.78, 5) is 0. The van der Waals surface area contributed by atoms with Crippen molar-refractivity contribution in [1.29, 1.82) is 0 Å². The van der Waals surface area contributed by atoms with Crippen LogP contribution in [0.25, 0.3) is 0 Å². The highest BCUT2D eigenvalue weighted by atomic mass is 19.3. The zero-order valence-corrected chi connectivity index (χ0v) is 19.5. The molecule has 0 aromatic rings. The van der Waals surface area contributed by atoms with E-state index in [4.69, 9.17) is 4.74 Å². The Hall–Kier alpha value is -0.390. The summed E-state index contributed by atoms with van der Waals surface area (Å²) in [6.45, 7) is 2.37. The molecule has 0 aromatic heterocycles. The third-order valence-electron chi connectivity index (χ3n) is 9.44. The Morgan fingerprint density at radius 3 is 1.41 bits per heavy atom. The average molecular weight is 465 g/mol. The normalized spacial score (nSPS) is 46.7. The zero-order chi connectivity index (χ0) is 22.9. The van der Waals surface area contributed by atoms with Crippen LogP contribution in [-0.4, -0.2) is 30.7 Å². The Morgan fingerprint density at radius 2 is 0.969 bits per heavy atom. The summed E-state index contributed by atoms with van der Waals surface area (Å²) in [6, 6.07) is 0. The molecule has 4 rings (SSSR count). The van der Waals surface area contributed by atoms with Gasteiger partial charge in [0.1, 0.15) is 12.3 Å². The van der Waals surface area contributed by atoms with Gasteiger partial charge in [0.15, 0.2) is 6.17 Å². The molecule has 0 spiro atoms. The molecule has 0 aliphatic heterocycles. The fourth-order valence-electron chi connectivity index (χ4n) is 7.24. The Morgan fingerprint density at radius 1 is 0.594 bits per heavy atom. The van der Waals surface area contributed by atoms with Gasteiger partial charge in [-0.05, 0) is 107 Å². The molecule has 1 nitrogen and oxygen atoms in total. The fraction of sp³-hybridized carbons (Fsp3) is 1.00. The van der Waals surface area contributed by atoms with Gasteiger partial charge in [0.05, 0.1) is 12.0 Å². The maximum Gasteiger partial charge on any atom is 0.358 e. The number of halogens is 5. The lowest BCUT2D eigenvalue weighted by Gasteiger charge is -2.42. The lowest BCUT2D eigenvalue weighted by atomic mass is 9.65. The highest BCUT2D eigenvalue weighted by Gasteiger charge is 2.51. The van der Waals surface area contributed by atoms with E-state index in [1.165, 1.54) is 51.4 Å². The second-order valence-electron chi connectivity index (χ2n) is 11.6. The van der Waals surface area contributed by atoms with Gasteiger partial charge in [-0.3, -0.25) is 0 Å². The van der Waals surface area contributed by atoms with E-state index >= 15 is 0 Å². The zero-order valence-electron chi connectivity index (χ0n) is 19.5. The van der Waals surface area contributed by atoms with Crippen molar-refractivity contribution in [3.63, 3.8) is 0 Å². The highest BCUT2D eigenvalue weighted by Crippen LogP contribution is 2.47. The van der Waals surface area contributed by atoms with Crippen molar-refractivity contribution in [3.05, 3.63) is 0 Å². The minimum atomic E-state index is -3.60. The van der Waals surface area contributed by atoms with Crippen molar-refractivity contribution in [2.24, 2.45) is 35.5 Å². The molecular weight excluding hydrogens is 423 g/mol. The Balaban J connectivity index is 1.19. The topological polar surface area (TPSA) is 9.23 Å². The van der Waals surface area contributed by atoms with E-state index in [0.717, 1.165) is 30.6 Å². The van der Waals surface area contributed by atoms with Crippen LogP contribution < -0.4 is 0 Å². The number of hydrogen-bond donors (Lipinski definition) is 0. The van der Waals surface area contributed by atoms with Gasteiger partial charge in [0.25, 0.3) is 0 Å². The number of hydrogen-bond acceptors (Lipinski definition) is 1. The molecule has 0 bridgehead atoms. The van der Waals surface area contributed by atoms with Crippen LogP contribution in [0.2, 0.25) is 0 Å². The van der Waals surface area contributed by atoms with Crippen LogP contribution in [0.5, 0.6) is 0 Å². The molecule has 4 fully saturated rings. The third kappa shape index (κ3) is 5.81. The first-order valence-electron chi connectivity index (χ1n) is 13.2. The van der Waals surface area contributed by atoms with Crippen molar-refractivity contribution >= 4 is 0 Å². The number of alkyl halides is 5. The van der Waals surface area contributed by atoms with E-state index in [9.17, 15) is 22.0 Å². The van der Waals surface area contributed by atoms with Crippen molar-refractivity contribution in [1.82, 2.24) is 0 Å². The molecule has 0 saturated heterocycles. The first kappa shape index (κ1) is 24.7. The summed E-state index contributed by atoms with van der Waals surface area (Å²) < 4.78 is 74.8. The van der Waals surface area contributed by atoms with Crippen LogP contribution in [-0.2, 0) is 4.74 Å². The second-order valence-corrected chi connectivity index (χ2v) is 11.6. The Bertz CT molecular complexity index is 565. The summed E-state index contributed by atoms with van der Waals surface area (Å²) in [5, 5.41) is 0. The number of rotatable bonds is 5. The van der Waals surface area contributed by atoms with Crippen LogP contribution in [0, 0.1) is 35.5 Å². The Kier molecular flexibility index (Phi) is 8.10. The molecule has 186 valence electrons. The summed E-state index contributed by atoms with van der Waals surface area (Å²) in [7, 11) is 0. The van der Waals surface area contributed by atoms with Crippen molar-refractivity contribution in [3.8, 4) is 0 Å². The largest absolute Gasteiger partial charge is 0.358 e. The van der Waals surface area contributed by atoms with Gasteiger partial charge in [0, 0.05) is 0 Å². The van der Waals surface area contributed by atoms with Gasteiger partial charge in [0.2, 0.25) is 0 Å². The minimum absolute atomic E-state index is 0.568. The smallest absolute Gasteiger partial charge is 0.317 e. The molecule has 0 aromatic carbocycles. The molecule has 0 amide bonds. The molecule has 4 aliphatic rings. The molecule has 0 N–H and O–H groups in total. The van der Waals surface area contributed by atoms with Gasteiger partial charge in [-0.25, -0.2) is 13.2 Å². The van der Waals surface area contributed by atoms with Gasteiger partial charge in [-0.2, -0.15) is 8.78 Å². The number of ether oxygens (including phenoxy) is 1. The van der Waals surface area contributed by atoms with E-state index < -0.39 is 49.5 Å². The van der Waals surface area contributed by atoms with E-state index in [2.05, 4.69) is 6.92 Å². The van der Waals surface area contributed by atoms with Gasteiger partial charge < -0.3 is 4.74 Å². The molecule has 4 aliphatic carbocycles. The maximum absolute atomic E-state index is 14.6.